The molecule has 1 saturated heterocycles. The van der Waals surface area contributed by atoms with Crippen LogP contribution in [0.3, 0.4) is 0 Å². The average molecular weight is 369 g/mol. The van der Waals surface area contributed by atoms with Gasteiger partial charge in [0.15, 0.2) is 0 Å². The molecule has 0 saturated carbocycles. The number of rotatable bonds is 1. The number of hydrogen-bond donors (Lipinski definition) is 1. The predicted molar refractivity (Wildman–Crippen MR) is 98.0 cm³/mol. The molecular formula is C20H23N3O4. The number of aryl methyl sites for hydroxylation is 3. The molecule has 142 valence electrons. The molecule has 2 amide bonds. The van der Waals surface area contributed by atoms with E-state index in [1.54, 1.807) is 13.8 Å². The number of carbonyl (C=O) groups excluding carboxylic acids is 2. The minimum Gasteiger partial charge on any atom is -0.484 e. The molecule has 0 atom stereocenters. The van der Waals surface area contributed by atoms with Crippen LogP contribution in [0.25, 0.3) is 0 Å². The number of amides is 2. The van der Waals surface area contributed by atoms with Gasteiger partial charge in [-0.05, 0) is 32.9 Å². The fourth-order valence-corrected chi connectivity index (χ4v) is 3.86. The van der Waals surface area contributed by atoms with E-state index in [1.807, 2.05) is 30.0 Å². The lowest BCUT2D eigenvalue weighted by Gasteiger charge is -2.41. The van der Waals surface area contributed by atoms with Gasteiger partial charge in [-0.15, -0.1) is 0 Å². The maximum atomic E-state index is 12.8. The Kier molecular flexibility index (Phi) is 4.17. The van der Waals surface area contributed by atoms with Crippen LogP contribution in [0.4, 0.5) is 0 Å². The lowest BCUT2D eigenvalue weighted by molar-refractivity contribution is 0.00764. The standard InChI is InChI=1S/C20H23N3O4/c1-12-4-5-16-15(10-12)18(24)21-11-20(26-16)6-8-23(9-7-20)19(25)17-13(2)22-27-14(17)3/h4-5,10H,6-9,11H2,1-3H3,(H,21,24). The van der Waals surface area contributed by atoms with Gasteiger partial charge in [-0.3, -0.25) is 9.59 Å². The molecule has 4 rings (SSSR count). The van der Waals surface area contributed by atoms with E-state index in [2.05, 4.69) is 10.5 Å². The van der Waals surface area contributed by atoms with Crippen LogP contribution in [0.2, 0.25) is 0 Å². The van der Waals surface area contributed by atoms with Gasteiger partial charge in [-0.25, -0.2) is 0 Å². The van der Waals surface area contributed by atoms with Crippen LogP contribution in [-0.2, 0) is 0 Å². The highest BCUT2D eigenvalue weighted by molar-refractivity contribution is 5.98. The van der Waals surface area contributed by atoms with Crippen molar-refractivity contribution >= 4 is 11.8 Å². The van der Waals surface area contributed by atoms with Gasteiger partial charge in [-0.1, -0.05) is 16.8 Å². The number of carbonyl (C=O) groups is 2. The third kappa shape index (κ3) is 3.07. The van der Waals surface area contributed by atoms with Crippen molar-refractivity contribution in [3.8, 4) is 5.75 Å². The molecular weight excluding hydrogens is 346 g/mol. The van der Waals surface area contributed by atoms with Crippen molar-refractivity contribution in [3.63, 3.8) is 0 Å². The summed E-state index contributed by atoms with van der Waals surface area (Å²) < 4.78 is 11.4. The Bertz CT molecular complexity index is 890. The zero-order valence-corrected chi connectivity index (χ0v) is 15.8. The van der Waals surface area contributed by atoms with E-state index in [1.165, 1.54) is 0 Å². The molecule has 7 nitrogen and oxygen atoms in total. The van der Waals surface area contributed by atoms with Crippen molar-refractivity contribution in [1.82, 2.24) is 15.4 Å². The molecule has 0 bridgehead atoms. The second-order valence-electron chi connectivity index (χ2n) is 7.46. The second kappa shape index (κ2) is 6.40. The molecule has 1 spiro atoms. The number of aromatic nitrogens is 1. The summed E-state index contributed by atoms with van der Waals surface area (Å²) in [5.74, 6) is 0.982. The zero-order valence-electron chi connectivity index (χ0n) is 15.8. The fourth-order valence-electron chi connectivity index (χ4n) is 3.86. The summed E-state index contributed by atoms with van der Waals surface area (Å²) in [7, 11) is 0. The van der Waals surface area contributed by atoms with E-state index in [4.69, 9.17) is 9.26 Å². The Hall–Kier alpha value is -2.83. The molecule has 3 heterocycles. The Morgan fingerprint density at radius 2 is 1.96 bits per heavy atom. The molecule has 1 aromatic heterocycles. The Labute approximate surface area is 157 Å². The molecule has 0 unspecified atom stereocenters. The van der Waals surface area contributed by atoms with Crippen LogP contribution in [-0.4, -0.2) is 47.1 Å². The lowest BCUT2D eigenvalue weighted by atomic mass is 9.90. The number of piperidine rings is 1. The van der Waals surface area contributed by atoms with Crippen LogP contribution < -0.4 is 10.1 Å². The van der Waals surface area contributed by atoms with E-state index in [0.717, 1.165) is 5.56 Å². The largest absolute Gasteiger partial charge is 0.484 e. The van der Waals surface area contributed by atoms with Gasteiger partial charge in [0.1, 0.15) is 22.7 Å². The molecule has 7 heteroatoms. The highest BCUT2D eigenvalue weighted by atomic mass is 16.5. The van der Waals surface area contributed by atoms with Crippen LogP contribution in [0.5, 0.6) is 5.75 Å². The Morgan fingerprint density at radius 3 is 2.63 bits per heavy atom. The molecule has 0 radical (unpaired) electrons. The molecule has 0 aliphatic carbocycles. The number of nitrogens with zero attached hydrogens (tertiary/aromatic N) is 2. The fraction of sp³-hybridized carbons (Fsp3) is 0.450. The molecule has 1 N–H and O–H groups in total. The average Bonchev–Trinajstić information content (AvgIpc) is 2.93. The first kappa shape index (κ1) is 17.6. The van der Waals surface area contributed by atoms with Crippen molar-refractivity contribution in [2.24, 2.45) is 0 Å². The van der Waals surface area contributed by atoms with E-state index >= 15 is 0 Å². The van der Waals surface area contributed by atoms with E-state index in [0.29, 0.717) is 60.8 Å². The van der Waals surface area contributed by atoms with Crippen LogP contribution >= 0.6 is 0 Å². The van der Waals surface area contributed by atoms with Gasteiger partial charge >= 0.3 is 0 Å². The minimum atomic E-state index is -0.494. The maximum Gasteiger partial charge on any atom is 0.259 e. The molecule has 2 aliphatic rings. The Balaban J connectivity index is 1.52. The monoisotopic (exact) mass is 369 g/mol. The first-order valence-electron chi connectivity index (χ1n) is 9.19. The van der Waals surface area contributed by atoms with Gasteiger partial charge in [0.2, 0.25) is 0 Å². The van der Waals surface area contributed by atoms with Crippen LogP contribution in [0, 0.1) is 20.8 Å². The van der Waals surface area contributed by atoms with Crippen molar-refractivity contribution in [3.05, 3.63) is 46.3 Å². The van der Waals surface area contributed by atoms with Gasteiger partial charge in [0.25, 0.3) is 11.8 Å². The Morgan fingerprint density at radius 1 is 1.22 bits per heavy atom. The highest BCUT2D eigenvalue weighted by Gasteiger charge is 2.41. The molecule has 2 aromatic rings. The highest BCUT2D eigenvalue weighted by Crippen LogP contribution is 2.34. The smallest absolute Gasteiger partial charge is 0.259 e. The normalized spacial score (nSPS) is 18.5. The number of nitrogens with one attached hydrogen (secondary N) is 1. The number of benzene rings is 1. The molecule has 27 heavy (non-hydrogen) atoms. The lowest BCUT2D eigenvalue weighted by Crippen LogP contribution is -2.54. The number of ether oxygens (including phenoxy) is 1. The SMILES string of the molecule is Cc1ccc2c(c1)C(=O)NCC1(CCN(C(=O)c3c(C)noc3C)CC1)O2. The van der Waals surface area contributed by atoms with E-state index in [-0.39, 0.29) is 11.8 Å². The summed E-state index contributed by atoms with van der Waals surface area (Å²) in [5, 5.41) is 6.86. The summed E-state index contributed by atoms with van der Waals surface area (Å²) in [5.41, 5.74) is 2.25. The molecule has 2 aliphatic heterocycles. The summed E-state index contributed by atoms with van der Waals surface area (Å²) in [6.07, 6.45) is 1.30. The quantitative estimate of drug-likeness (QED) is 0.834. The summed E-state index contributed by atoms with van der Waals surface area (Å²) in [4.78, 5) is 27.1. The number of fused-ring (bicyclic) bond motifs is 1. The van der Waals surface area contributed by atoms with Gasteiger partial charge < -0.3 is 19.5 Å². The number of likely N-dealkylation sites (tertiary alicyclic amines) is 1. The third-order valence-corrected chi connectivity index (χ3v) is 5.49. The van der Waals surface area contributed by atoms with Crippen molar-refractivity contribution < 1.29 is 18.8 Å². The van der Waals surface area contributed by atoms with Gasteiger partial charge in [0, 0.05) is 25.9 Å². The number of hydrogen-bond acceptors (Lipinski definition) is 5. The maximum absolute atomic E-state index is 12.8. The molecule has 1 aromatic carbocycles. The molecule has 1 fully saturated rings. The van der Waals surface area contributed by atoms with Gasteiger partial charge in [0.05, 0.1) is 17.8 Å². The van der Waals surface area contributed by atoms with E-state index < -0.39 is 5.60 Å². The van der Waals surface area contributed by atoms with Crippen LogP contribution in [0.1, 0.15) is 50.6 Å². The summed E-state index contributed by atoms with van der Waals surface area (Å²) >= 11 is 0. The summed E-state index contributed by atoms with van der Waals surface area (Å²) in [6, 6.07) is 5.65. The van der Waals surface area contributed by atoms with E-state index in [9.17, 15) is 9.59 Å². The summed E-state index contributed by atoms with van der Waals surface area (Å²) in [6.45, 7) is 7.03. The van der Waals surface area contributed by atoms with Crippen molar-refractivity contribution in [2.75, 3.05) is 19.6 Å². The van der Waals surface area contributed by atoms with Gasteiger partial charge in [-0.2, -0.15) is 0 Å². The van der Waals surface area contributed by atoms with Crippen molar-refractivity contribution in [1.29, 1.82) is 0 Å². The second-order valence-corrected chi connectivity index (χ2v) is 7.46. The predicted octanol–water partition coefficient (Wildman–Crippen LogP) is 2.40. The first-order valence-corrected chi connectivity index (χ1v) is 9.19. The van der Waals surface area contributed by atoms with Crippen molar-refractivity contribution in [2.45, 2.75) is 39.2 Å². The third-order valence-electron chi connectivity index (χ3n) is 5.49. The zero-order chi connectivity index (χ0) is 19.2. The van der Waals surface area contributed by atoms with Crippen LogP contribution in [0.15, 0.2) is 22.7 Å². The minimum absolute atomic E-state index is 0.0604. The topological polar surface area (TPSA) is 84.7 Å². The first-order chi connectivity index (χ1) is 12.9.